The van der Waals surface area contributed by atoms with Gasteiger partial charge in [-0.15, -0.1) is 0 Å². The zero-order chi connectivity index (χ0) is 53.4. The molecule has 0 aliphatic carbocycles. The molecular weight excluding hydrogens is 909 g/mol. The summed E-state index contributed by atoms with van der Waals surface area (Å²) in [6, 6.07) is 0. The molecule has 430 valence electrons. The fraction of sp³-hybridized carbons (Fsp3) is 0.797. The minimum atomic E-state index is -0.779. The smallest absolute Gasteiger partial charge is 0.306 e. The number of carbonyl (C=O) groups excluding carboxylic acids is 2. The predicted molar refractivity (Wildman–Crippen MR) is 325 cm³/mol. The van der Waals surface area contributed by atoms with Crippen LogP contribution >= 0.6 is 0 Å². The molecule has 0 rings (SSSR count). The number of hydrogen-bond donors (Lipinski definition) is 1. The molecular formula is C69H124O5. The Balaban J connectivity index is 3.40. The van der Waals surface area contributed by atoms with Crippen LogP contribution < -0.4 is 0 Å². The van der Waals surface area contributed by atoms with E-state index >= 15 is 0 Å². The third-order valence-corrected chi connectivity index (χ3v) is 14.5. The van der Waals surface area contributed by atoms with Crippen LogP contribution in [0, 0.1) is 0 Å². The van der Waals surface area contributed by atoms with E-state index in [1.807, 2.05) is 0 Å². The number of allylic oxidation sites excluding steroid dienone is 12. The Kier molecular flexibility index (Phi) is 62.3. The zero-order valence-corrected chi connectivity index (χ0v) is 49.4. The highest BCUT2D eigenvalue weighted by molar-refractivity contribution is 5.70. The van der Waals surface area contributed by atoms with Crippen molar-refractivity contribution in [3.63, 3.8) is 0 Å². The quantitative estimate of drug-likeness (QED) is 0.0373. The minimum absolute atomic E-state index is 0.0680. The highest BCUT2D eigenvalue weighted by Gasteiger charge is 2.16. The number of unbranched alkanes of at least 4 members (excludes halogenated alkanes) is 40. The van der Waals surface area contributed by atoms with Crippen LogP contribution in [0.3, 0.4) is 0 Å². The molecule has 0 heterocycles. The molecule has 0 saturated heterocycles. The number of aliphatic hydroxyl groups is 1. The van der Waals surface area contributed by atoms with Crippen molar-refractivity contribution in [3.8, 4) is 0 Å². The number of hydrogen-bond acceptors (Lipinski definition) is 5. The molecule has 0 fully saturated rings. The van der Waals surface area contributed by atoms with Crippen molar-refractivity contribution in [1.82, 2.24) is 0 Å². The van der Waals surface area contributed by atoms with Crippen LogP contribution in [0.25, 0.3) is 0 Å². The molecule has 5 nitrogen and oxygen atoms in total. The highest BCUT2D eigenvalue weighted by atomic mass is 16.6. The first kappa shape index (κ1) is 71.3. The van der Waals surface area contributed by atoms with E-state index in [-0.39, 0.29) is 25.2 Å². The van der Waals surface area contributed by atoms with Crippen LogP contribution in [-0.2, 0) is 19.1 Å². The zero-order valence-electron chi connectivity index (χ0n) is 49.4. The van der Waals surface area contributed by atoms with Crippen molar-refractivity contribution < 1.29 is 24.2 Å². The van der Waals surface area contributed by atoms with Crippen LogP contribution in [0.4, 0.5) is 0 Å². The van der Waals surface area contributed by atoms with Gasteiger partial charge in [-0.3, -0.25) is 9.59 Å². The van der Waals surface area contributed by atoms with Crippen molar-refractivity contribution in [2.45, 2.75) is 341 Å². The standard InChI is InChI=1S/C69H124O5/c1-3-5-7-9-11-13-15-17-19-21-23-25-26-27-28-29-30-31-32-33-34-35-36-37-38-39-40-41-42-44-45-47-49-51-53-55-57-59-61-63-68(71)73-66-67(65-70)74-69(72)64-62-60-58-56-54-52-50-48-46-43-24-22-20-18-16-14-12-10-8-6-4-2/h6,8,12,14-15,17-18,20-21,23-24,43,67,70H,3-5,7,9-11,13,16,19,22,25-42,44-66H2,1-2H3/b8-6-,14-12-,17-15-,20-18-,23-21-,43-24-. The average molecular weight is 1030 g/mol. The van der Waals surface area contributed by atoms with Gasteiger partial charge in [-0.2, -0.15) is 0 Å². The van der Waals surface area contributed by atoms with Gasteiger partial charge in [-0.25, -0.2) is 0 Å². The third-order valence-electron chi connectivity index (χ3n) is 14.5. The first-order chi connectivity index (χ1) is 36.6. The van der Waals surface area contributed by atoms with E-state index in [0.717, 1.165) is 77.0 Å². The molecule has 0 aromatic carbocycles. The van der Waals surface area contributed by atoms with Gasteiger partial charge in [-0.1, -0.05) is 311 Å². The molecule has 0 bridgehead atoms. The van der Waals surface area contributed by atoms with Crippen molar-refractivity contribution in [1.29, 1.82) is 0 Å². The van der Waals surface area contributed by atoms with Crippen molar-refractivity contribution in [2.75, 3.05) is 13.2 Å². The molecule has 0 radical (unpaired) electrons. The second kappa shape index (κ2) is 64.6. The van der Waals surface area contributed by atoms with Crippen molar-refractivity contribution in [3.05, 3.63) is 72.9 Å². The van der Waals surface area contributed by atoms with E-state index in [9.17, 15) is 14.7 Å². The summed E-state index contributed by atoms with van der Waals surface area (Å²) < 4.78 is 10.7. The number of aliphatic hydroxyl groups excluding tert-OH is 1. The van der Waals surface area contributed by atoms with E-state index < -0.39 is 6.10 Å². The molecule has 0 spiro atoms. The Morgan fingerprint density at radius 3 is 0.878 bits per heavy atom. The van der Waals surface area contributed by atoms with Crippen LogP contribution in [0.1, 0.15) is 335 Å². The van der Waals surface area contributed by atoms with Crippen molar-refractivity contribution in [2.24, 2.45) is 0 Å². The summed E-state index contributed by atoms with van der Waals surface area (Å²) in [6.45, 7) is 4.04. The number of rotatable bonds is 60. The van der Waals surface area contributed by atoms with Crippen LogP contribution in [0.2, 0.25) is 0 Å². The van der Waals surface area contributed by atoms with Crippen LogP contribution in [-0.4, -0.2) is 36.4 Å². The Hall–Kier alpha value is -2.66. The largest absolute Gasteiger partial charge is 0.462 e. The molecule has 0 aromatic heterocycles. The predicted octanol–water partition coefficient (Wildman–Crippen LogP) is 22.3. The van der Waals surface area contributed by atoms with Gasteiger partial charge in [-0.05, 0) is 83.5 Å². The summed E-state index contributed by atoms with van der Waals surface area (Å²) in [7, 11) is 0. The number of esters is 2. The van der Waals surface area contributed by atoms with Gasteiger partial charge in [0.05, 0.1) is 6.61 Å². The molecule has 0 aliphatic rings. The lowest BCUT2D eigenvalue weighted by Gasteiger charge is -2.15. The fourth-order valence-electron chi connectivity index (χ4n) is 9.64. The Labute approximate surface area is 461 Å². The van der Waals surface area contributed by atoms with Crippen molar-refractivity contribution >= 4 is 11.9 Å². The van der Waals surface area contributed by atoms with Crippen LogP contribution in [0.5, 0.6) is 0 Å². The van der Waals surface area contributed by atoms with Gasteiger partial charge >= 0.3 is 11.9 Å². The second-order valence-corrected chi connectivity index (χ2v) is 21.8. The summed E-state index contributed by atoms with van der Waals surface area (Å²) in [5.74, 6) is -0.588. The lowest BCUT2D eigenvalue weighted by Crippen LogP contribution is -2.28. The van der Waals surface area contributed by atoms with Gasteiger partial charge in [0.1, 0.15) is 6.61 Å². The summed E-state index contributed by atoms with van der Waals surface area (Å²) in [6.07, 6.45) is 89.2. The van der Waals surface area contributed by atoms with E-state index in [0.29, 0.717) is 12.8 Å². The van der Waals surface area contributed by atoms with E-state index in [4.69, 9.17) is 9.47 Å². The lowest BCUT2D eigenvalue weighted by molar-refractivity contribution is -0.161. The fourth-order valence-corrected chi connectivity index (χ4v) is 9.64. The first-order valence-electron chi connectivity index (χ1n) is 32.5. The Morgan fingerprint density at radius 2 is 0.581 bits per heavy atom. The lowest BCUT2D eigenvalue weighted by atomic mass is 10.0. The van der Waals surface area contributed by atoms with Gasteiger partial charge in [0.15, 0.2) is 6.10 Å². The number of carbonyl (C=O) groups is 2. The Bertz CT molecular complexity index is 1310. The van der Waals surface area contributed by atoms with E-state index in [2.05, 4.69) is 86.8 Å². The maximum atomic E-state index is 12.3. The molecule has 5 heteroatoms. The third kappa shape index (κ3) is 61.9. The molecule has 74 heavy (non-hydrogen) atoms. The normalized spacial score (nSPS) is 12.6. The second-order valence-electron chi connectivity index (χ2n) is 21.8. The van der Waals surface area contributed by atoms with Gasteiger partial charge < -0.3 is 14.6 Å². The molecule has 1 atom stereocenters. The van der Waals surface area contributed by atoms with E-state index in [1.54, 1.807) is 0 Å². The van der Waals surface area contributed by atoms with Gasteiger partial charge in [0.25, 0.3) is 0 Å². The molecule has 1 N–H and O–H groups in total. The SMILES string of the molecule is CC/C=C\C/C=C\C/C=C\C/C=C\CCCCCCCCCCC(=O)OC(CO)COC(=O)CCCCCCCCCCCCCCCCCCCCCCCCCCCCC/C=C\C/C=C\CCCCCCC. The first-order valence-corrected chi connectivity index (χ1v) is 32.5. The average Bonchev–Trinajstić information content (AvgIpc) is 3.40. The monoisotopic (exact) mass is 1030 g/mol. The molecule has 0 aromatic rings. The maximum absolute atomic E-state index is 12.3. The molecule has 0 amide bonds. The number of ether oxygens (including phenoxy) is 2. The summed E-state index contributed by atoms with van der Waals surface area (Å²) in [4.78, 5) is 24.6. The van der Waals surface area contributed by atoms with Gasteiger partial charge in [0.2, 0.25) is 0 Å². The maximum Gasteiger partial charge on any atom is 0.306 e. The summed E-state index contributed by atoms with van der Waals surface area (Å²) in [5, 5.41) is 9.67. The summed E-state index contributed by atoms with van der Waals surface area (Å²) in [5.41, 5.74) is 0. The minimum Gasteiger partial charge on any atom is -0.462 e. The molecule has 0 aliphatic heterocycles. The van der Waals surface area contributed by atoms with Gasteiger partial charge in [0, 0.05) is 12.8 Å². The molecule has 1 unspecified atom stereocenters. The van der Waals surface area contributed by atoms with E-state index in [1.165, 1.54) is 231 Å². The topological polar surface area (TPSA) is 72.8 Å². The highest BCUT2D eigenvalue weighted by Crippen LogP contribution is 2.18. The Morgan fingerprint density at radius 1 is 0.324 bits per heavy atom. The van der Waals surface area contributed by atoms with Crippen LogP contribution in [0.15, 0.2) is 72.9 Å². The summed E-state index contributed by atoms with van der Waals surface area (Å²) >= 11 is 0. The molecule has 0 saturated carbocycles.